The maximum atomic E-state index is 13.9. The number of halogens is 1. The molecule has 126 valence electrons. The number of carbonyl (C=O) groups is 1. The van der Waals surface area contributed by atoms with Gasteiger partial charge in [0.25, 0.3) is 5.91 Å². The molecule has 1 N–H and O–H groups in total. The van der Waals surface area contributed by atoms with Gasteiger partial charge in [0, 0.05) is 19.2 Å². The highest BCUT2D eigenvalue weighted by Gasteiger charge is 2.28. The van der Waals surface area contributed by atoms with Crippen molar-refractivity contribution >= 4 is 5.91 Å². The summed E-state index contributed by atoms with van der Waals surface area (Å²) in [5, 5.41) is 2.63. The van der Waals surface area contributed by atoms with Crippen LogP contribution in [0, 0.1) is 12.7 Å². The average molecular weight is 327 g/mol. The minimum Gasteiger partial charge on any atom is -0.355 e. The van der Waals surface area contributed by atoms with Gasteiger partial charge in [0.15, 0.2) is 0 Å². The highest BCUT2D eigenvalue weighted by molar-refractivity contribution is 5.94. The van der Waals surface area contributed by atoms with Crippen LogP contribution in [0.4, 0.5) is 4.39 Å². The third kappa shape index (κ3) is 3.31. The van der Waals surface area contributed by atoms with Gasteiger partial charge in [-0.05, 0) is 44.5 Å². The Kier molecular flexibility index (Phi) is 4.90. The molecule has 1 aromatic carbocycles. The summed E-state index contributed by atoms with van der Waals surface area (Å²) in [4.78, 5) is 18.7. The Hall–Kier alpha value is -2.27. The molecule has 1 aliphatic rings. The predicted molar refractivity (Wildman–Crippen MR) is 91.1 cm³/mol. The Morgan fingerprint density at radius 2 is 2.12 bits per heavy atom. The molecule has 3 rings (SSSR count). The number of carbonyl (C=O) groups excluding carboxylic acids is 1. The van der Waals surface area contributed by atoms with Crippen LogP contribution >= 0.6 is 0 Å². The predicted octanol–water partition coefficient (Wildman–Crippen LogP) is 3.23. The highest BCUT2D eigenvalue weighted by atomic mass is 19.1. The first-order valence-electron chi connectivity index (χ1n) is 8.27. The van der Waals surface area contributed by atoms with Crippen molar-refractivity contribution in [3.8, 4) is 0 Å². The number of aryl methyl sites for hydroxylation is 1. The van der Waals surface area contributed by atoms with Gasteiger partial charge in [-0.1, -0.05) is 18.2 Å². The van der Waals surface area contributed by atoms with Gasteiger partial charge in [0.1, 0.15) is 5.82 Å². The van der Waals surface area contributed by atoms with E-state index in [1.807, 2.05) is 31.2 Å². The topological polar surface area (TPSA) is 45.2 Å². The van der Waals surface area contributed by atoms with E-state index in [4.69, 9.17) is 0 Å². The van der Waals surface area contributed by atoms with E-state index >= 15 is 0 Å². The molecule has 5 heteroatoms. The van der Waals surface area contributed by atoms with E-state index in [1.165, 1.54) is 6.07 Å². The Labute approximate surface area is 141 Å². The summed E-state index contributed by atoms with van der Waals surface area (Å²) in [6.07, 6.45) is 2.07. The summed E-state index contributed by atoms with van der Waals surface area (Å²) in [6, 6.07) is 10.8. The molecule has 1 amide bonds. The van der Waals surface area contributed by atoms with Crippen LogP contribution < -0.4 is 5.32 Å². The number of hydrogen-bond acceptors (Lipinski definition) is 3. The van der Waals surface area contributed by atoms with E-state index in [2.05, 4.69) is 15.2 Å². The van der Waals surface area contributed by atoms with Crippen LogP contribution in [0.25, 0.3) is 0 Å². The molecular formula is C19H22FN3O. The van der Waals surface area contributed by atoms with E-state index in [-0.39, 0.29) is 17.8 Å². The second-order valence-electron chi connectivity index (χ2n) is 6.17. The van der Waals surface area contributed by atoms with E-state index in [1.54, 1.807) is 13.1 Å². The number of hydrogen-bond donors (Lipinski definition) is 1. The monoisotopic (exact) mass is 327 g/mol. The fourth-order valence-corrected chi connectivity index (χ4v) is 3.34. The van der Waals surface area contributed by atoms with E-state index in [0.717, 1.165) is 30.8 Å². The van der Waals surface area contributed by atoms with Crippen LogP contribution in [0.1, 0.15) is 46.2 Å². The summed E-state index contributed by atoms with van der Waals surface area (Å²) >= 11 is 0. The largest absolute Gasteiger partial charge is 0.355 e. The number of nitrogens with one attached hydrogen (secondary N) is 1. The Balaban J connectivity index is 1.82. The fraction of sp³-hybridized carbons (Fsp3) is 0.368. The minimum atomic E-state index is -0.165. The van der Waals surface area contributed by atoms with Crippen molar-refractivity contribution in [2.45, 2.75) is 32.4 Å². The van der Waals surface area contributed by atoms with Crippen molar-refractivity contribution in [1.29, 1.82) is 0 Å². The van der Waals surface area contributed by atoms with Gasteiger partial charge >= 0.3 is 0 Å². The van der Waals surface area contributed by atoms with Crippen molar-refractivity contribution in [1.82, 2.24) is 15.2 Å². The van der Waals surface area contributed by atoms with Gasteiger partial charge in [0.2, 0.25) is 0 Å². The highest BCUT2D eigenvalue weighted by Crippen LogP contribution is 2.32. The van der Waals surface area contributed by atoms with Gasteiger partial charge < -0.3 is 5.32 Å². The molecule has 2 heterocycles. The first-order valence-corrected chi connectivity index (χ1v) is 8.27. The summed E-state index contributed by atoms with van der Waals surface area (Å²) in [7, 11) is 1.61. The van der Waals surface area contributed by atoms with Crippen LogP contribution in [0.3, 0.4) is 0 Å². The standard InChI is InChI=1S/C19H22FN3O/c1-13-15(19(24)21-2)9-10-17(22-13)18-8-5-11-23(18)12-14-6-3-4-7-16(14)20/h3-4,6-7,9-10,18H,5,8,11-12H2,1-2H3,(H,21,24). The van der Waals surface area contributed by atoms with Gasteiger partial charge in [-0.2, -0.15) is 0 Å². The molecular weight excluding hydrogens is 305 g/mol. The maximum absolute atomic E-state index is 13.9. The van der Waals surface area contributed by atoms with Crippen LogP contribution in [-0.4, -0.2) is 29.4 Å². The molecule has 1 fully saturated rings. The second-order valence-corrected chi connectivity index (χ2v) is 6.17. The van der Waals surface area contributed by atoms with Gasteiger partial charge in [0.05, 0.1) is 23.0 Å². The zero-order valence-electron chi connectivity index (χ0n) is 14.1. The lowest BCUT2D eigenvalue weighted by molar-refractivity contribution is 0.0962. The average Bonchev–Trinajstić information content (AvgIpc) is 3.04. The molecule has 0 radical (unpaired) electrons. The fourth-order valence-electron chi connectivity index (χ4n) is 3.34. The van der Waals surface area contributed by atoms with Crippen LogP contribution in [0.2, 0.25) is 0 Å². The third-order valence-corrected chi connectivity index (χ3v) is 4.62. The number of amides is 1. The summed E-state index contributed by atoms with van der Waals surface area (Å²) in [5.74, 6) is -0.288. The second kappa shape index (κ2) is 7.09. The smallest absolute Gasteiger partial charge is 0.252 e. The lowest BCUT2D eigenvalue weighted by Crippen LogP contribution is -2.25. The van der Waals surface area contributed by atoms with E-state index < -0.39 is 0 Å². The molecule has 0 saturated carbocycles. The molecule has 1 aromatic heterocycles. The number of benzene rings is 1. The zero-order valence-corrected chi connectivity index (χ0v) is 14.1. The molecule has 1 aliphatic heterocycles. The normalized spacial score (nSPS) is 17.9. The van der Waals surface area contributed by atoms with Crippen LogP contribution in [0.5, 0.6) is 0 Å². The number of likely N-dealkylation sites (tertiary alicyclic amines) is 1. The lowest BCUT2D eigenvalue weighted by atomic mass is 10.1. The van der Waals surface area contributed by atoms with E-state index in [0.29, 0.717) is 17.7 Å². The molecule has 4 nitrogen and oxygen atoms in total. The minimum absolute atomic E-state index is 0.124. The Bertz CT molecular complexity index is 747. The number of pyridine rings is 1. The molecule has 1 atom stereocenters. The molecule has 1 unspecified atom stereocenters. The molecule has 2 aromatic rings. The van der Waals surface area contributed by atoms with Gasteiger partial charge in [-0.3, -0.25) is 14.7 Å². The van der Waals surface area contributed by atoms with Crippen molar-refractivity contribution in [2.24, 2.45) is 0 Å². The summed E-state index contributed by atoms with van der Waals surface area (Å²) in [6.45, 7) is 3.36. The van der Waals surface area contributed by atoms with Crippen LogP contribution in [0.15, 0.2) is 36.4 Å². The van der Waals surface area contributed by atoms with Crippen molar-refractivity contribution in [2.75, 3.05) is 13.6 Å². The van der Waals surface area contributed by atoms with Gasteiger partial charge in [-0.25, -0.2) is 4.39 Å². The molecule has 0 spiro atoms. The number of nitrogens with zero attached hydrogens (tertiary/aromatic N) is 2. The SMILES string of the molecule is CNC(=O)c1ccc(C2CCCN2Cc2ccccc2F)nc1C. The lowest BCUT2D eigenvalue weighted by Gasteiger charge is -2.24. The molecule has 1 saturated heterocycles. The third-order valence-electron chi connectivity index (χ3n) is 4.62. The molecule has 0 aliphatic carbocycles. The van der Waals surface area contributed by atoms with E-state index in [9.17, 15) is 9.18 Å². The Morgan fingerprint density at radius 3 is 2.83 bits per heavy atom. The molecule has 24 heavy (non-hydrogen) atoms. The van der Waals surface area contributed by atoms with Crippen molar-refractivity contribution < 1.29 is 9.18 Å². The summed E-state index contributed by atoms with van der Waals surface area (Å²) < 4.78 is 13.9. The van der Waals surface area contributed by atoms with Crippen molar-refractivity contribution in [3.63, 3.8) is 0 Å². The zero-order chi connectivity index (χ0) is 17.1. The number of rotatable bonds is 4. The van der Waals surface area contributed by atoms with Crippen LogP contribution in [-0.2, 0) is 6.54 Å². The van der Waals surface area contributed by atoms with Crippen molar-refractivity contribution in [3.05, 3.63) is 64.7 Å². The maximum Gasteiger partial charge on any atom is 0.252 e. The van der Waals surface area contributed by atoms with Gasteiger partial charge in [-0.15, -0.1) is 0 Å². The summed E-state index contributed by atoms with van der Waals surface area (Å²) in [5.41, 5.74) is 2.99. The Morgan fingerprint density at radius 1 is 1.33 bits per heavy atom. The first-order chi connectivity index (χ1) is 11.6. The molecule has 0 bridgehead atoms. The first kappa shape index (κ1) is 16.6. The quantitative estimate of drug-likeness (QED) is 0.938. The number of aromatic nitrogens is 1.